The van der Waals surface area contributed by atoms with Gasteiger partial charge in [-0.25, -0.2) is 0 Å². The highest BCUT2D eigenvalue weighted by molar-refractivity contribution is 9.10. The van der Waals surface area contributed by atoms with Gasteiger partial charge in [-0.2, -0.15) is 0 Å². The topological polar surface area (TPSA) is 20.2 Å². The van der Waals surface area contributed by atoms with E-state index >= 15 is 0 Å². The van der Waals surface area contributed by atoms with E-state index in [1.54, 1.807) is 0 Å². The first-order valence-electron chi connectivity index (χ1n) is 5.60. The SMILES string of the molecule is CC1(Cc2ccc(Br)cc2Cl)CCC(O)C1. The van der Waals surface area contributed by atoms with Crippen LogP contribution in [0.5, 0.6) is 0 Å². The van der Waals surface area contributed by atoms with Crippen LogP contribution in [-0.2, 0) is 6.42 Å². The first kappa shape index (κ1) is 12.4. The van der Waals surface area contributed by atoms with Gasteiger partial charge in [0.05, 0.1) is 6.10 Å². The molecule has 2 rings (SSSR count). The second kappa shape index (κ2) is 4.67. The lowest BCUT2D eigenvalue weighted by Crippen LogP contribution is -2.16. The lowest BCUT2D eigenvalue weighted by Gasteiger charge is -2.24. The molecular formula is C13H16BrClO. The van der Waals surface area contributed by atoms with Crippen molar-refractivity contribution in [3.05, 3.63) is 33.3 Å². The summed E-state index contributed by atoms with van der Waals surface area (Å²) in [4.78, 5) is 0. The Morgan fingerprint density at radius 1 is 1.56 bits per heavy atom. The molecule has 1 saturated carbocycles. The maximum atomic E-state index is 9.62. The molecule has 2 unspecified atom stereocenters. The lowest BCUT2D eigenvalue weighted by molar-refractivity contribution is 0.163. The van der Waals surface area contributed by atoms with Gasteiger partial charge in [0.1, 0.15) is 0 Å². The largest absolute Gasteiger partial charge is 0.393 e. The van der Waals surface area contributed by atoms with Crippen molar-refractivity contribution in [2.24, 2.45) is 5.41 Å². The van der Waals surface area contributed by atoms with E-state index in [1.807, 2.05) is 12.1 Å². The molecule has 1 fully saturated rings. The van der Waals surface area contributed by atoms with Crippen LogP contribution in [0.1, 0.15) is 31.7 Å². The molecule has 1 aliphatic rings. The van der Waals surface area contributed by atoms with Crippen LogP contribution in [0.2, 0.25) is 5.02 Å². The molecule has 1 nitrogen and oxygen atoms in total. The normalized spacial score (nSPS) is 29.6. The van der Waals surface area contributed by atoms with Crippen molar-refractivity contribution in [2.45, 2.75) is 38.7 Å². The molecule has 88 valence electrons. The summed E-state index contributed by atoms with van der Waals surface area (Å²) >= 11 is 9.62. The van der Waals surface area contributed by atoms with E-state index in [0.29, 0.717) is 0 Å². The fourth-order valence-corrected chi connectivity index (χ4v) is 3.31. The van der Waals surface area contributed by atoms with E-state index in [4.69, 9.17) is 11.6 Å². The molecule has 16 heavy (non-hydrogen) atoms. The summed E-state index contributed by atoms with van der Waals surface area (Å²) in [6, 6.07) is 6.03. The van der Waals surface area contributed by atoms with Gasteiger partial charge in [-0.05, 0) is 48.8 Å². The summed E-state index contributed by atoms with van der Waals surface area (Å²) in [6.07, 6.45) is 3.72. The van der Waals surface area contributed by atoms with Gasteiger partial charge in [0, 0.05) is 9.50 Å². The highest BCUT2D eigenvalue weighted by atomic mass is 79.9. The van der Waals surface area contributed by atoms with Gasteiger partial charge in [-0.3, -0.25) is 0 Å². The third-order valence-corrected chi connectivity index (χ3v) is 4.29. The van der Waals surface area contributed by atoms with Gasteiger partial charge < -0.3 is 5.11 Å². The van der Waals surface area contributed by atoms with Crippen LogP contribution in [0.3, 0.4) is 0 Å². The Morgan fingerprint density at radius 3 is 2.88 bits per heavy atom. The van der Waals surface area contributed by atoms with Gasteiger partial charge in [-0.15, -0.1) is 0 Å². The van der Waals surface area contributed by atoms with Crippen LogP contribution < -0.4 is 0 Å². The van der Waals surface area contributed by atoms with Crippen LogP contribution in [0.15, 0.2) is 22.7 Å². The Hall–Kier alpha value is -0.0500. The second-order valence-electron chi connectivity index (χ2n) is 5.12. The summed E-state index contributed by atoms with van der Waals surface area (Å²) in [7, 11) is 0. The smallest absolute Gasteiger partial charge is 0.0545 e. The van der Waals surface area contributed by atoms with E-state index < -0.39 is 0 Å². The van der Waals surface area contributed by atoms with Crippen LogP contribution in [0, 0.1) is 5.41 Å². The summed E-state index contributed by atoms with van der Waals surface area (Å²) < 4.78 is 1.01. The molecule has 0 saturated heterocycles. The van der Waals surface area contributed by atoms with Crippen LogP contribution in [0.25, 0.3) is 0 Å². The third kappa shape index (κ3) is 2.79. The Labute approximate surface area is 110 Å². The Morgan fingerprint density at radius 2 is 2.31 bits per heavy atom. The molecule has 1 aromatic carbocycles. The van der Waals surface area contributed by atoms with Gasteiger partial charge in [-0.1, -0.05) is 40.5 Å². The molecule has 1 N–H and O–H groups in total. The molecule has 0 bridgehead atoms. The maximum absolute atomic E-state index is 9.62. The molecule has 0 heterocycles. The molecule has 0 radical (unpaired) electrons. The van der Waals surface area contributed by atoms with E-state index in [2.05, 4.69) is 28.9 Å². The molecule has 1 aliphatic carbocycles. The molecule has 0 spiro atoms. The van der Waals surface area contributed by atoms with Gasteiger partial charge in [0.15, 0.2) is 0 Å². The summed E-state index contributed by atoms with van der Waals surface area (Å²) in [5.74, 6) is 0. The fourth-order valence-electron chi connectivity index (χ4n) is 2.57. The van der Waals surface area contributed by atoms with Crippen molar-refractivity contribution in [1.82, 2.24) is 0 Å². The minimum Gasteiger partial charge on any atom is -0.393 e. The maximum Gasteiger partial charge on any atom is 0.0545 e. The van der Waals surface area contributed by atoms with Gasteiger partial charge >= 0.3 is 0 Å². The third-order valence-electron chi connectivity index (χ3n) is 3.44. The van der Waals surface area contributed by atoms with E-state index in [9.17, 15) is 5.11 Å². The van der Waals surface area contributed by atoms with Crippen molar-refractivity contribution in [1.29, 1.82) is 0 Å². The molecular weight excluding hydrogens is 287 g/mol. The zero-order chi connectivity index (χ0) is 11.8. The average Bonchev–Trinajstić information content (AvgIpc) is 2.52. The zero-order valence-corrected chi connectivity index (χ0v) is 11.7. The van der Waals surface area contributed by atoms with Crippen molar-refractivity contribution in [3.63, 3.8) is 0 Å². The van der Waals surface area contributed by atoms with Crippen LogP contribution in [-0.4, -0.2) is 11.2 Å². The van der Waals surface area contributed by atoms with E-state index in [1.165, 1.54) is 5.56 Å². The minimum absolute atomic E-state index is 0.126. The average molecular weight is 304 g/mol. The van der Waals surface area contributed by atoms with Crippen LogP contribution in [0.4, 0.5) is 0 Å². The molecule has 2 atom stereocenters. The monoisotopic (exact) mass is 302 g/mol. The summed E-state index contributed by atoms with van der Waals surface area (Å²) in [6.45, 7) is 2.24. The number of halogens is 2. The van der Waals surface area contributed by atoms with Gasteiger partial charge in [0.2, 0.25) is 0 Å². The molecule has 0 aliphatic heterocycles. The van der Waals surface area contributed by atoms with Crippen molar-refractivity contribution in [2.75, 3.05) is 0 Å². The predicted molar refractivity (Wildman–Crippen MR) is 70.8 cm³/mol. The number of benzene rings is 1. The molecule has 0 amide bonds. The van der Waals surface area contributed by atoms with Crippen molar-refractivity contribution in [3.8, 4) is 0 Å². The zero-order valence-electron chi connectivity index (χ0n) is 9.34. The quantitative estimate of drug-likeness (QED) is 0.868. The molecule has 1 aromatic rings. The number of aliphatic hydroxyl groups excluding tert-OH is 1. The highest BCUT2D eigenvalue weighted by Gasteiger charge is 2.34. The first-order valence-corrected chi connectivity index (χ1v) is 6.78. The van der Waals surface area contributed by atoms with E-state index in [-0.39, 0.29) is 11.5 Å². The Kier molecular flexibility index (Phi) is 3.62. The predicted octanol–water partition coefficient (Wildman–Crippen LogP) is 4.20. The fraction of sp³-hybridized carbons (Fsp3) is 0.538. The summed E-state index contributed by atoms with van der Waals surface area (Å²) in [5, 5.41) is 10.4. The highest BCUT2D eigenvalue weighted by Crippen LogP contribution is 2.41. The van der Waals surface area contributed by atoms with Crippen molar-refractivity contribution >= 4 is 27.5 Å². The Balaban J connectivity index is 2.14. The number of aliphatic hydroxyl groups is 1. The number of rotatable bonds is 2. The number of hydrogen-bond acceptors (Lipinski definition) is 1. The summed E-state index contributed by atoms with van der Waals surface area (Å²) in [5.41, 5.74) is 1.39. The van der Waals surface area contributed by atoms with Crippen LogP contribution >= 0.6 is 27.5 Å². The minimum atomic E-state index is -0.126. The molecule has 3 heteroatoms. The van der Waals surface area contributed by atoms with Crippen molar-refractivity contribution < 1.29 is 5.11 Å². The van der Waals surface area contributed by atoms with Gasteiger partial charge in [0.25, 0.3) is 0 Å². The molecule has 0 aromatic heterocycles. The second-order valence-corrected chi connectivity index (χ2v) is 6.44. The lowest BCUT2D eigenvalue weighted by atomic mass is 9.82. The van der Waals surface area contributed by atoms with E-state index in [0.717, 1.165) is 35.2 Å². The standard InChI is InChI=1S/C13H16BrClO/c1-13(5-4-11(16)8-13)7-9-2-3-10(14)6-12(9)15/h2-3,6,11,16H,4-5,7-8H2,1H3. The Bertz CT molecular complexity index is 394. The first-order chi connectivity index (χ1) is 7.48. The number of hydrogen-bond donors (Lipinski definition) is 1.